The summed E-state index contributed by atoms with van der Waals surface area (Å²) in [5.41, 5.74) is 4.47. The summed E-state index contributed by atoms with van der Waals surface area (Å²) >= 11 is 11.1. The van der Waals surface area contributed by atoms with Gasteiger partial charge in [0.15, 0.2) is 0 Å². The van der Waals surface area contributed by atoms with Gasteiger partial charge in [0.25, 0.3) is 0 Å². The Kier molecular flexibility index (Phi) is 4.97. The summed E-state index contributed by atoms with van der Waals surface area (Å²) in [5, 5.41) is 7.57. The third-order valence-electron chi connectivity index (χ3n) is 8.37. The molecule has 0 N–H and O–H groups in total. The fraction of sp³-hybridized carbons (Fsp3) is 0. The molecule has 11 aromatic rings. The standard InChI is InChI=1S/C36H16N2S6/c1-3-7-25-19(5-1)31-33(39-25)21-11-9-17(13-27(21)41-31)35-37-23-15-30-24(16-29(23)43-35)38-36(44-30)18-10-12-22-28(14-18)42-32-20-6-2-4-8-26(20)40-34(22)32/h1-16H. The van der Waals surface area contributed by atoms with Crippen molar-refractivity contribution in [1.29, 1.82) is 0 Å². The highest BCUT2D eigenvalue weighted by Crippen LogP contribution is 2.47. The van der Waals surface area contributed by atoms with Crippen LogP contribution in [0.5, 0.6) is 0 Å². The first kappa shape index (κ1) is 24.5. The summed E-state index contributed by atoms with van der Waals surface area (Å²) in [4.78, 5) is 10.2. The normalized spacial score (nSPS) is 12.5. The molecule has 8 heteroatoms. The van der Waals surface area contributed by atoms with Crippen molar-refractivity contribution in [2.24, 2.45) is 0 Å². The smallest absolute Gasteiger partial charge is 0.124 e. The van der Waals surface area contributed by atoms with Gasteiger partial charge >= 0.3 is 0 Å². The number of nitrogens with zero attached hydrogens (tertiary/aromatic N) is 2. The maximum Gasteiger partial charge on any atom is 0.124 e. The second-order valence-corrected chi connectivity index (χ2v) is 17.2. The van der Waals surface area contributed by atoms with E-state index in [0.717, 1.165) is 21.0 Å². The van der Waals surface area contributed by atoms with Crippen molar-refractivity contribution in [2.75, 3.05) is 0 Å². The molecule has 11 rings (SSSR count). The molecule has 0 radical (unpaired) electrons. The van der Waals surface area contributed by atoms with Crippen LogP contribution in [0.1, 0.15) is 0 Å². The monoisotopic (exact) mass is 668 g/mol. The van der Waals surface area contributed by atoms with Gasteiger partial charge in [0.1, 0.15) is 10.0 Å². The van der Waals surface area contributed by atoms with E-state index < -0.39 is 0 Å². The molecule has 6 heterocycles. The molecule has 6 aromatic heterocycles. The molecule has 0 aliphatic carbocycles. The van der Waals surface area contributed by atoms with Crippen molar-refractivity contribution in [1.82, 2.24) is 9.97 Å². The lowest BCUT2D eigenvalue weighted by atomic mass is 10.1. The minimum absolute atomic E-state index is 1.05. The van der Waals surface area contributed by atoms with Crippen LogP contribution in [0.15, 0.2) is 97.1 Å². The number of fused-ring (bicyclic) bond motifs is 12. The highest BCUT2D eigenvalue weighted by Gasteiger charge is 2.17. The quantitative estimate of drug-likeness (QED) is 0.183. The zero-order valence-electron chi connectivity index (χ0n) is 22.6. The molecule has 0 unspecified atom stereocenters. The number of benzene rings is 5. The zero-order chi connectivity index (χ0) is 28.5. The van der Waals surface area contributed by atoms with Crippen molar-refractivity contribution >= 4 is 148 Å². The van der Waals surface area contributed by atoms with E-state index in [-0.39, 0.29) is 0 Å². The number of thiophene rings is 4. The Morgan fingerprint density at radius 3 is 1.23 bits per heavy atom. The minimum atomic E-state index is 1.05. The van der Waals surface area contributed by atoms with Gasteiger partial charge in [0.05, 0.1) is 39.2 Å². The van der Waals surface area contributed by atoms with Gasteiger partial charge in [-0.2, -0.15) is 0 Å². The van der Waals surface area contributed by atoms with E-state index in [2.05, 4.69) is 97.1 Å². The molecule has 206 valence electrons. The third-order valence-corrected chi connectivity index (χ3v) is 15.5. The zero-order valence-corrected chi connectivity index (χ0v) is 27.5. The first-order valence-electron chi connectivity index (χ1n) is 14.1. The van der Waals surface area contributed by atoms with Crippen molar-refractivity contribution in [3.8, 4) is 21.1 Å². The van der Waals surface area contributed by atoms with Crippen LogP contribution in [-0.2, 0) is 0 Å². The summed E-state index contributed by atoms with van der Waals surface area (Å²) < 4.78 is 13.4. The Labute approximate surface area is 273 Å². The molecule has 0 amide bonds. The lowest BCUT2D eigenvalue weighted by molar-refractivity contribution is 1.48. The maximum absolute atomic E-state index is 5.11. The molecular weight excluding hydrogens is 653 g/mol. The van der Waals surface area contributed by atoms with Crippen LogP contribution >= 0.6 is 68.0 Å². The molecule has 0 fully saturated rings. The number of rotatable bonds is 2. The van der Waals surface area contributed by atoms with Gasteiger partial charge in [-0.15, -0.1) is 68.0 Å². The third kappa shape index (κ3) is 3.44. The SMILES string of the molecule is c1ccc2c(c1)sc1c3ccc(-c4nc5cc6sc(-c7ccc8c(c7)sc7c9ccccc9sc87)nc6cc5s4)cc3sc21. The topological polar surface area (TPSA) is 25.8 Å². The lowest BCUT2D eigenvalue weighted by Crippen LogP contribution is -1.75. The van der Waals surface area contributed by atoms with Crippen LogP contribution in [-0.4, -0.2) is 9.97 Å². The molecule has 0 aliphatic heterocycles. The van der Waals surface area contributed by atoms with E-state index in [9.17, 15) is 0 Å². The Hall–Kier alpha value is -3.76. The van der Waals surface area contributed by atoms with Crippen LogP contribution in [0.3, 0.4) is 0 Å². The van der Waals surface area contributed by atoms with E-state index in [4.69, 9.17) is 9.97 Å². The summed E-state index contributed by atoms with van der Waals surface area (Å²) in [5.74, 6) is 0. The molecule has 0 saturated heterocycles. The molecule has 2 nitrogen and oxygen atoms in total. The van der Waals surface area contributed by atoms with Crippen LogP contribution in [0.4, 0.5) is 0 Å². The summed E-state index contributed by atoms with van der Waals surface area (Å²) in [6.07, 6.45) is 0. The van der Waals surface area contributed by atoms with Gasteiger partial charge in [0.2, 0.25) is 0 Å². The molecule has 5 aromatic carbocycles. The van der Waals surface area contributed by atoms with E-state index >= 15 is 0 Å². The van der Waals surface area contributed by atoms with Crippen molar-refractivity contribution < 1.29 is 0 Å². The number of hydrogen-bond donors (Lipinski definition) is 0. The average Bonchev–Trinajstić information content (AvgIpc) is 3.88. The van der Waals surface area contributed by atoms with Crippen molar-refractivity contribution in [3.63, 3.8) is 0 Å². The fourth-order valence-corrected chi connectivity index (χ4v) is 13.6. The predicted octanol–water partition coefficient (Wildman–Crippen LogP) is 13.4. The summed E-state index contributed by atoms with van der Waals surface area (Å²) in [6.45, 7) is 0. The van der Waals surface area contributed by atoms with Crippen LogP contribution in [0.2, 0.25) is 0 Å². The minimum Gasteiger partial charge on any atom is -0.236 e. The molecule has 0 bridgehead atoms. The highest BCUT2D eigenvalue weighted by atomic mass is 32.1. The first-order valence-corrected chi connectivity index (χ1v) is 19.0. The number of thiazole rings is 2. The van der Waals surface area contributed by atoms with E-state index in [1.807, 2.05) is 45.3 Å². The fourth-order valence-electron chi connectivity index (χ4n) is 6.27. The molecule has 0 saturated carbocycles. The Morgan fingerprint density at radius 2 is 0.750 bits per heavy atom. The van der Waals surface area contributed by atoms with Gasteiger partial charge in [-0.05, 0) is 36.4 Å². The van der Waals surface area contributed by atoms with Gasteiger partial charge in [-0.1, -0.05) is 60.7 Å². The Bertz CT molecular complexity index is 2710. The molecule has 0 aliphatic rings. The Morgan fingerprint density at radius 1 is 0.341 bits per heavy atom. The van der Waals surface area contributed by atoms with Crippen molar-refractivity contribution in [3.05, 3.63) is 97.1 Å². The summed E-state index contributed by atoms with van der Waals surface area (Å²) in [6, 6.07) is 35.6. The van der Waals surface area contributed by atoms with E-state index in [0.29, 0.717) is 0 Å². The second-order valence-electron chi connectivity index (χ2n) is 11.0. The van der Waals surface area contributed by atoms with Gasteiger partial charge in [-0.3, -0.25) is 0 Å². The molecule has 0 atom stereocenters. The Balaban J connectivity index is 0.978. The molecule has 0 spiro atoms. The van der Waals surface area contributed by atoms with Crippen molar-refractivity contribution in [2.45, 2.75) is 0 Å². The predicted molar refractivity (Wildman–Crippen MR) is 200 cm³/mol. The average molecular weight is 669 g/mol. The highest BCUT2D eigenvalue weighted by molar-refractivity contribution is 7.37. The van der Waals surface area contributed by atoms with Crippen LogP contribution in [0.25, 0.3) is 101 Å². The largest absolute Gasteiger partial charge is 0.236 e. The molecular formula is C36H16N2S6. The van der Waals surface area contributed by atoms with Gasteiger partial charge in [-0.25, -0.2) is 9.97 Å². The van der Waals surface area contributed by atoms with Gasteiger partial charge in [0, 0.05) is 51.5 Å². The van der Waals surface area contributed by atoms with E-state index in [1.54, 1.807) is 22.7 Å². The lowest BCUT2D eigenvalue weighted by Gasteiger charge is -1.97. The maximum atomic E-state index is 5.11. The van der Waals surface area contributed by atoms with Crippen LogP contribution in [0, 0.1) is 0 Å². The van der Waals surface area contributed by atoms with E-state index in [1.165, 1.54) is 79.7 Å². The second kappa shape index (κ2) is 8.91. The number of aromatic nitrogens is 2. The number of hydrogen-bond acceptors (Lipinski definition) is 8. The van der Waals surface area contributed by atoms with Gasteiger partial charge < -0.3 is 0 Å². The molecule has 44 heavy (non-hydrogen) atoms. The first-order chi connectivity index (χ1) is 21.7. The summed E-state index contributed by atoms with van der Waals surface area (Å²) in [7, 11) is 0. The van der Waals surface area contributed by atoms with Crippen LogP contribution < -0.4 is 0 Å².